The average molecular weight is 298 g/mol. The first-order valence-corrected chi connectivity index (χ1v) is 7.44. The molecular weight excluding hydrogens is 284 g/mol. The summed E-state index contributed by atoms with van der Waals surface area (Å²) in [6.45, 7) is 0. The van der Waals surface area contributed by atoms with Gasteiger partial charge in [-0.05, 0) is 6.07 Å². The third-order valence-electron chi connectivity index (χ3n) is 2.67. The molecule has 0 unspecified atom stereocenters. The molecule has 2 aromatic rings. The van der Waals surface area contributed by atoms with Crippen molar-refractivity contribution < 1.29 is 22.4 Å². The summed E-state index contributed by atoms with van der Waals surface area (Å²) in [6.07, 6.45) is 1.09. The molecule has 0 aliphatic heterocycles. The van der Waals surface area contributed by atoms with Crippen LogP contribution >= 0.6 is 0 Å². The second-order valence-electron chi connectivity index (χ2n) is 4.09. The molecule has 0 amide bonds. The third-order valence-corrected chi connectivity index (χ3v) is 3.77. The highest BCUT2D eigenvalue weighted by molar-refractivity contribution is 7.90. The molecule has 108 valence electrons. The number of methoxy groups -OCH3 is 2. The molecular formula is C12H14N2O5S. The minimum absolute atomic E-state index is 0.0101. The fourth-order valence-electron chi connectivity index (χ4n) is 1.79. The number of benzene rings is 1. The maximum Gasteiger partial charge on any atom is 0.222 e. The lowest BCUT2D eigenvalue weighted by Crippen LogP contribution is -2.03. The molecule has 0 fully saturated rings. The molecule has 1 aromatic heterocycles. The van der Waals surface area contributed by atoms with Crippen molar-refractivity contribution in [1.29, 1.82) is 0 Å². The third kappa shape index (κ3) is 2.55. The summed E-state index contributed by atoms with van der Waals surface area (Å²) in [7, 11) is -0.679. The molecule has 0 aliphatic rings. The van der Waals surface area contributed by atoms with Gasteiger partial charge in [0.25, 0.3) is 0 Å². The molecule has 2 rings (SSSR count). The second kappa shape index (κ2) is 5.04. The Bertz CT molecular complexity index is 736. The van der Waals surface area contributed by atoms with Crippen LogP contribution < -0.4 is 15.2 Å². The standard InChI is InChI=1S/C12H14N2O5S/c1-17-7-4-8(9-6-11(13)19-14-9)12(18-2)10(5-7)20(3,15)16/h4-6H,13H2,1-3H3. The number of nitrogens with zero attached hydrogens (tertiary/aromatic N) is 1. The minimum atomic E-state index is -3.50. The number of hydrogen-bond donors (Lipinski definition) is 1. The van der Waals surface area contributed by atoms with Crippen LogP contribution in [0.2, 0.25) is 0 Å². The van der Waals surface area contributed by atoms with Crippen LogP contribution in [0.4, 0.5) is 5.88 Å². The molecule has 8 heteroatoms. The summed E-state index contributed by atoms with van der Waals surface area (Å²) in [6, 6.07) is 4.47. The summed E-state index contributed by atoms with van der Waals surface area (Å²) in [5.74, 6) is 0.648. The molecule has 0 bridgehead atoms. The van der Waals surface area contributed by atoms with E-state index in [1.54, 1.807) is 6.07 Å². The molecule has 2 N–H and O–H groups in total. The molecule has 0 saturated carbocycles. The average Bonchev–Trinajstić information content (AvgIpc) is 2.82. The maximum atomic E-state index is 11.9. The molecule has 0 spiro atoms. The van der Waals surface area contributed by atoms with Gasteiger partial charge in [-0.1, -0.05) is 5.16 Å². The van der Waals surface area contributed by atoms with Gasteiger partial charge in [0.2, 0.25) is 5.88 Å². The quantitative estimate of drug-likeness (QED) is 0.908. The monoisotopic (exact) mass is 298 g/mol. The van der Waals surface area contributed by atoms with Crippen molar-refractivity contribution in [2.45, 2.75) is 4.90 Å². The molecule has 0 saturated heterocycles. The van der Waals surface area contributed by atoms with Gasteiger partial charge in [0.15, 0.2) is 9.84 Å². The van der Waals surface area contributed by atoms with Gasteiger partial charge in [-0.3, -0.25) is 0 Å². The smallest absolute Gasteiger partial charge is 0.222 e. The van der Waals surface area contributed by atoms with Crippen molar-refractivity contribution in [2.24, 2.45) is 0 Å². The van der Waals surface area contributed by atoms with Gasteiger partial charge in [0.1, 0.15) is 22.1 Å². The molecule has 0 radical (unpaired) electrons. The fraction of sp³-hybridized carbons (Fsp3) is 0.250. The Morgan fingerprint density at radius 1 is 1.20 bits per heavy atom. The van der Waals surface area contributed by atoms with Gasteiger partial charge in [0, 0.05) is 18.4 Å². The highest BCUT2D eigenvalue weighted by Crippen LogP contribution is 2.39. The van der Waals surface area contributed by atoms with Crippen LogP contribution in [0.5, 0.6) is 11.5 Å². The van der Waals surface area contributed by atoms with E-state index in [1.165, 1.54) is 26.4 Å². The first-order valence-electron chi connectivity index (χ1n) is 5.55. The largest absolute Gasteiger partial charge is 0.497 e. The van der Waals surface area contributed by atoms with Crippen molar-refractivity contribution in [3.63, 3.8) is 0 Å². The lowest BCUT2D eigenvalue weighted by molar-refractivity contribution is 0.392. The number of rotatable bonds is 4. The van der Waals surface area contributed by atoms with Crippen LogP contribution in [0.3, 0.4) is 0 Å². The second-order valence-corrected chi connectivity index (χ2v) is 6.08. The fourth-order valence-corrected chi connectivity index (χ4v) is 2.65. The highest BCUT2D eigenvalue weighted by atomic mass is 32.2. The van der Waals surface area contributed by atoms with Gasteiger partial charge >= 0.3 is 0 Å². The Labute approximate surface area is 116 Å². The van der Waals surface area contributed by atoms with E-state index in [9.17, 15) is 8.42 Å². The van der Waals surface area contributed by atoms with Crippen molar-refractivity contribution in [1.82, 2.24) is 5.16 Å². The number of anilines is 1. The Morgan fingerprint density at radius 2 is 1.90 bits per heavy atom. The summed E-state index contributed by atoms with van der Waals surface area (Å²) in [5, 5.41) is 3.76. The first kappa shape index (κ1) is 14.2. The van der Waals surface area contributed by atoms with E-state index in [4.69, 9.17) is 19.7 Å². The lowest BCUT2D eigenvalue weighted by atomic mass is 10.1. The van der Waals surface area contributed by atoms with Gasteiger partial charge in [0.05, 0.1) is 19.8 Å². The van der Waals surface area contributed by atoms with E-state index in [1.807, 2.05) is 0 Å². The van der Waals surface area contributed by atoms with Gasteiger partial charge in [-0.2, -0.15) is 0 Å². The molecule has 0 atom stereocenters. The van der Waals surface area contributed by atoms with Gasteiger partial charge in [-0.15, -0.1) is 0 Å². The number of nitrogen functional groups attached to an aromatic ring is 1. The van der Waals surface area contributed by atoms with Crippen molar-refractivity contribution >= 4 is 15.7 Å². The van der Waals surface area contributed by atoms with Gasteiger partial charge in [-0.25, -0.2) is 8.42 Å². The van der Waals surface area contributed by atoms with Crippen molar-refractivity contribution in [2.75, 3.05) is 26.2 Å². The van der Waals surface area contributed by atoms with E-state index in [2.05, 4.69) is 5.16 Å². The van der Waals surface area contributed by atoms with Crippen LogP contribution in [0.1, 0.15) is 0 Å². The molecule has 20 heavy (non-hydrogen) atoms. The zero-order valence-electron chi connectivity index (χ0n) is 11.2. The summed E-state index contributed by atoms with van der Waals surface area (Å²) < 4.78 is 38.8. The maximum absolute atomic E-state index is 11.9. The van der Waals surface area contributed by atoms with Crippen LogP contribution in [0.25, 0.3) is 11.3 Å². The van der Waals surface area contributed by atoms with E-state index in [-0.39, 0.29) is 16.5 Å². The van der Waals surface area contributed by atoms with Crippen molar-refractivity contribution in [3.05, 3.63) is 18.2 Å². The molecule has 7 nitrogen and oxygen atoms in total. The van der Waals surface area contributed by atoms with E-state index < -0.39 is 9.84 Å². The molecule has 1 heterocycles. The minimum Gasteiger partial charge on any atom is -0.497 e. The van der Waals surface area contributed by atoms with E-state index >= 15 is 0 Å². The van der Waals surface area contributed by atoms with Crippen LogP contribution in [0, 0.1) is 0 Å². The number of ether oxygens (including phenoxy) is 2. The predicted octanol–water partition coefficient (Wildman–Crippen LogP) is 1.34. The Balaban J connectivity index is 2.79. The number of sulfone groups is 1. The van der Waals surface area contributed by atoms with E-state index in [0.717, 1.165) is 6.26 Å². The van der Waals surface area contributed by atoms with Gasteiger partial charge < -0.3 is 19.7 Å². The number of nitrogens with two attached hydrogens (primary N) is 1. The topological polar surface area (TPSA) is 105 Å². The lowest BCUT2D eigenvalue weighted by Gasteiger charge is -2.13. The highest BCUT2D eigenvalue weighted by Gasteiger charge is 2.22. The molecule has 1 aromatic carbocycles. The van der Waals surface area contributed by atoms with Crippen LogP contribution in [-0.4, -0.2) is 34.0 Å². The summed E-state index contributed by atoms with van der Waals surface area (Å²) in [4.78, 5) is 0.0101. The zero-order valence-corrected chi connectivity index (χ0v) is 12.0. The Morgan fingerprint density at radius 3 is 2.35 bits per heavy atom. The summed E-state index contributed by atoms with van der Waals surface area (Å²) in [5.41, 5.74) is 6.27. The normalized spacial score (nSPS) is 11.3. The zero-order chi connectivity index (χ0) is 14.9. The van der Waals surface area contributed by atoms with Crippen molar-refractivity contribution in [3.8, 4) is 22.8 Å². The Kier molecular flexibility index (Phi) is 3.58. The molecule has 0 aliphatic carbocycles. The van der Waals surface area contributed by atoms with E-state index in [0.29, 0.717) is 17.0 Å². The van der Waals surface area contributed by atoms with Crippen LogP contribution in [0.15, 0.2) is 27.6 Å². The number of hydrogen-bond acceptors (Lipinski definition) is 7. The first-order chi connectivity index (χ1) is 9.36. The SMILES string of the molecule is COc1cc(-c2cc(N)on2)c(OC)c(S(C)(=O)=O)c1. The predicted molar refractivity (Wildman–Crippen MR) is 72.6 cm³/mol. The Hall–Kier alpha value is -2.22. The number of aromatic nitrogens is 1. The van der Waals surface area contributed by atoms with Crippen LogP contribution in [-0.2, 0) is 9.84 Å². The summed E-state index contributed by atoms with van der Waals surface area (Å²) >= 11 is 0.